The van der Waals surface area contributed by atoms with Crippen molar-refractivity contribution in [3.8, 4) is 0 Å². The van der Waals surface area contributed by atoms with E-state index in [1.165, 1.54) is 18.2 Å². The van der Waals surface area contributed by atoms with Crippen LogP contribution in [-0.4, -0.2) is 16.0 Å². The fraction of sp³-hybridized carbons (Fsp3) is 0.222. The second kappa shape index (κ2) is 4.05. The summed E-state index contributed by atoms with van der Waals surface area (Å²) in [6.45, 7) is 1.56. The number of para-hydroxylation sites is 1. The maximum absolute atomic E-state index is 10.8. The number of carboxylic acid groups (broad SMARTS) is 1. The molecule has 6 nitrogen and oxygen atoms in total. The lowest BCUT2D eigenvalue weighted by Gasteiger charge is -2.07. The van der Waals surface area contributed by atoms with E-state index in [1.807, 2.05) is 0 Å². The van der Waals surface area contributed by atoms with Crippen molar-refractivity contribution < 1.29 is 14.8 Å². The number of rotatable bonds is 3. The molecule has 0 amide bonds. The highest BCUT2D eigenvalue weighted by atomic mass is 16.6. The molecular formula is C9H10N2O4. The smallest absolute Gasteiger partial charge is 0.342 e. The van der Waals surface area contributed by atoms with E-state index in [2.05, 4.69) is 0 Å². The highest BCUT2D eigenvalue weighted by Gasteiger charge is 2.25. The van der Waals surface area contributed by atoms with Gasteiger partial charge in [0.1, 0.15) is 5.56 Å². The van der Waals surface area contributed by atoms with E-state index in [-0.39, 0.29) is 11.1 Å². The van der Waals surface area contributed by atoms with Gasteiger partial charge in [-0.15, -0.1) is 0 Å². The molecule has 1 aromatic rings. The molecule has 6 heteroatoms. The maximum atomic E-state index is 10.8. The van der Waals surface area contributed by atoms with Crippen LogP contribution in [0.2, 0.25) is 0 Å². The molecule has 0 aliphatic rings. The molecule has 1 rings (SSSR count). The lowest BCUT2D eigenvalue weighted by molar-refractivity contribution is -0.386. The van der Waals surface area contributed by atoms with E-state index in [1.54, 1.807) is 6.92 Å². The number of nitrogens with two attached hydrogens (primary N) is 1. The molecule has 0 fully saturated rings. The van der Waals surface area contributed by atoms with Crippen LogP contribution in [-0.2, 0) is 0 Å². The van der Waals surface area contributed by atoms with E-state index < -0.39 is 22.6 Å². The van der Waals surface area contributed by atoms with E-state index >= 15 is 0 Å². The molecule has 15 heavy (non-hydrogen) atoms. The van der Waals surface area contributed by atoms with Crippen LogP contribution >= 0.6 is 0 Å². The van der Waals surface area contributed by atoms with Gasteiger partial charge >= 0.3 is 5.97 Å². The summed E-state index contributed by atoms with van der Waals surface area (Å²) in [5, 5.41) is 19.5. The Hall–Kier alpha value is -1.95. The molecule has 0 radical (unpaired) electrons. The first-order valence-electron chi connectivity index (χ1n) is 4.21. The van der Waals surface area contributed by atoms with Gasteiger partial charge in [-0.25, -0.2) is 4.79 Å². The fourth-order valence-electron chi connectivity index (χ4n) is 1.31. The predicted molar refractivity (Wildman–Crippen MR) is 52.7 cm³/mol. The molecule has 0 aromatic heterocycles. The van der Waals surface area contributed by atoms with Gasteiger partial charge in [0.2, 0.25) is 0 Å². The summed E-state index contributed by atoms with van der Waals surface area (Å²) >= 11 is 0. The molecule has 0 aliphatic heterocycles. The number of benzene rings is 1. The first kappa shape index (κ1) is 11.1. The van der Waals surface area contributed by atoms with Crippen LogP contribution in [0.1, 0.15) is 28.9 Å². The Balaban J connectivity index is 3.48. The molecule has 0 saturated carbocycles. The van der Waals surface area contributed by atoms with Crippen molar-refractivity contribution in [2.75, 3.05) is 0 Å². The maximum Gasteiger partial charge on any atom is 0.342 e. The minimum absolute atomic E-state index is 0.222. The van der Waals surface area contributed by atoms with Crippen molar-refractivity contribution >= 4 is 11.7 Å². The van der Waals surface area contributed by atoms with Gasteiger partial charge in [-0.2, -0.15) is 0 Å². The van der Waals surface area contributed by atoms with Gasteiger partial charge in [0.15, 0.2) is 0 Å². The van der Waals surface area contributed by atoms with Crippen molar-refractivity contribution in [3.05, 3.63) is 39.4 Å². The van der Waals surface area contributed by atoms with E-state index in [4.69, 9.17) is 10.8 Å². The first-order valence-corrected chi connectivity index (χ1v) is 4.21. The number of carbonyl (C=O) groups is 1. The molecular weight excluding hydrogens is 200 g/mol. The Bertz CT molecular complexity index is 415. The zero-order valence-electron chi connectivity index (χ0n) is 8.01. The van der Waals surface area contributed by atoms with Gasteiger partial charge in [0, 0.05) is 11.6 Å². The summed E-state index contributed by atoms with van der Waals surface area (Å²) in [7, 11) is 0. The van der Waals surface area contributed by atoms with Crippen molar-refractivity contribution in [2.45, 2.75) is 13.0 Å². The molecule has 1 atom stereocenters. The quantitative estimate of drug-likeness (QED) is 0.577. The number of carboxylic acids is 1. The van der Waals surface area contributed by atoms with Crippen molar-refractivity contribution in [3.63, 3.8) is 0 Å². The highest BCUT2D eigenvalue weighted by molar-refractivity contribution is 5.93. The SMILES string of the molecule is CC(N)c1cccc(C(=O)O)c1[N+](=O)[O-]. The molecule has 0 aliphatic carbocycles. The second-order valence-corrected chi connectivity index (χ2v) is 3.09. The average molecular weight is 210 g/mol. The normalized spacial score (nSPS) is 12.1. The average Bonchev–Trinajstić information content (AvgIpc) is 2.16. The molecule has 0 heterocycles. The van der Waals surface area contributed by atoms with Crippen LogP contribution in [0, 0.1) is 10.1 Å². The molecule has 0 bridgehead atoms. The number of nitro groups is 1. The Morgan fingerprint density at radius 2 is 2.20 bits per heavy atom. The van der Waals surface area contributed by atoms with Crippen LogP contribution in [0.3, 0.4) is 0 Å². The van der Waals surface area contributed by atoms with Crippen molar-refractivity contribution in [2.24, 2.45) is 5.73 Å². The summed E-state index contributed by atoms with van der Waals surface area (Å²) in [6, 6.07) is 3.50. The van der Waals surface area contributed by atoms with E-state index in [0.717, 1.165) is 0 Å². The van der Waals surface area contributed by atoms with E-state index in [9.17, 15) is 14.9 Å². The zero-order chi connectivity index (χ0) is 11.6. The van der Waals surface area contributed by atoms with Gasteiger partial charge in [0.25, 0.3) is 5.69 Å². The number of hydrogen-bond acceptors (Lipinski definition) is 4. The topological polar surface area (TPSA) is 106 Å². The monoisotopic (exact) mass is 210 g/mol. The summed E-state index contributed by atoms with van der Waals surface area (Å²) in [5.41, 5.74) is 4.98. The summed E-state index contributed by atoms with van der Waals surface area (Å²) in [4.78, 5) is 20.8. The number of aromatic carboxylic acids is 1. The molecule has 1 unspecified atom stereocenters. The first-order chi connectivity index (χ1) is 6.95. The summed E-state index contributed by atoms with van der Waals surface area (Å²) < 4.78 is 0. The zero-order valence-corrected chi connectivity index (χ0v) is 8.01. The van der Waals surface area contributed by atoms with Crippen molar-refractivity contribution in [1.29, 1.82) is 0 Å². The predicted octanol–water partition coefficient (Wildman–Crippen LogP) is 1.31. The van der Waals surface area contributed by atoms with Crippen molar-refractivity contribution in [1.82, 2.24) is 0 Å². The number of hydrogen-bond donors (Lipinski definition) is 2. The van der Waals surface area contributed by atoms with Gasteiger partial charge < -0.3 is 10.8 Å². The standard InChI is InChI=1S/C9H10N2O4/c1-5(10)6-3-2-4-7(9(12)13)8(6)11(14)15/h2-5H,10H2,1H3,(H,12,13). The van der Waals surface area contributed by atoms with Gasteiger partial charge in [0.05, 0.1) is 4.92 Å². The third-order valence-electron chi connectivity index (χ3n) is 1.97. The Kier molecular flexibility index (Phi) is 3.01. The molecule has 1 aromatic carbocycles. The lowest BCUT2D eigenvalue weighted by atomic mass is 10.0. The van der Waals surface area contributed by atoms with Gasteiger partial charge in [-0.05, 0) is 13.0 Å². The number of nitrogens with zero attached hydrogens (tertiary/aromatic N) is 1. The number of nitro benzene ring substituents is 1. The molecule has 0 spiro atoms. The summed E-state index contributed by atoms with van der Waals surface area (Å²) in [6.07, 6.45) is 0. The Labute approximate surface area is 85.5 Å². The Morgan fingerprint density at radius 1 is 1.60 bits per heavy atom. The van der Waals surface area contributed by atoms with E-state index in [0.29, 0.717) is 0 Å². The summed E-state index contributed by atoms with van der Waals surface area (Å²) in [5.74, 6) is -1.33. The second-order valence-electron chi connectivity index (χ2n) is 3.09. The molecule has 0 saturated heterocycles. The van der Waals surface area contributed by atoms with Crippen LogP contribution in [0.25, 0.3) is 0 Å². The Morgan fingerprint density at radius 3 is 2.60 bits per heavy atom. The lowest BCUT2D eigenvalue weighted by Crippen LogP contribution is -2.11. The minimum Gasteiger partial charge on any atom is -0.477 e. The molecule has 3 N–H and O–H groups in total. The van der Waals surface area contributed by atoms with Crippen LogP contribution in [0.4, 0.5) is 5.69 Å². The van der Waals surface area contributed by atoms with Gasteiger partial charge in [-0.1, -0.05) is 12.1 Å². The largest absolute Gasteiger partial charge is 0.477 e. The minimum atomic E-state index is -1.33. The van der Waals surface area contributed by atoms with Crippen LogP contribution < -0.4 is 5.73 Å². The van der Waals surface area contributed by atoms with Crippen LogP contribution in [0.5, 0.6) is 0 Å². The van der Waals surface area contributed by atoms with Crippen LogP contribution in [0.15, 0.2) is 18.2 Å². The third kappa shape index (κ3) is 2.10. The third-order valence-corrected chi connectivity index (χ3v) is 1.97. The van der Waals surface area contributed by atoms with Gasteiger partial charge in [-0.3, -0.25) is 10.1 Å². The molecule has 80 valence electrons. The highest BCUT2D eigenvalue weighted by Crippen LogP contribution is 2.27. The fourth-order valence-corrected chi connectivity index (χ4v) is 1.31.